The molecule has 4 aromatic carbocycles. The van der Waals surface area contributed by atoms with Crippen LogP contribution in [0.15, 0.2) is 112 Å². The number of hydrogen-bond donors (Lipinski definition) is 1. The maximum absolute atomic E-state index is 14.5. The first-order valence-electron chi connectivity index (χ1n) is 14.2. The molecule has 0 aliphatic carbocycles. The van der Waals surface area contributed by atoms with Crippen molar-refractivity contribution in [3.63, 3.8) is 0 Å². The highest BCUT2D eigenvalue weighted by atomic mass is 79.9. The number of halogens is 3. The standard InChI is InChI=1S/C34H34BrCl2N3O4S/c1-34(2,3)38-33(42)31(21-24-11-6-4-7-12-24)39(22-28-29(36)15-10-16-30(28)37)32(41)23-40(26-19-17-25(35)18-20-26)45(43,44)27-13-8-5-9-14-27/h4-20,31H,21-23H2,1-3H3,(H,38,42). The van der Waals surface area contributed by atoms with Crippen LogP contribution in [0.3, 0.4) is 0 Å². The lowest BCUT2D eigenvalue weighted by Gasteiger charge is -2.35. The van der Waals surface area contributed by atoms with Crippen LogP contribution in [0, 0.1) is 0 Å². The van der Waals surface area contributed by atoms with Crippen molar-refractivity contribution in [2.45, 2.75) is 50.2 Å². The summed E-state index contributed by atoms with van der Waals surface area (Å²) in [7, 11) is -4.20. The van der Waals surface area contributed by atoms with E-state index in [2.05, 4.69) is 21.2 Å². The van der Waals surface area contributed by atoms with Gasteiger partial charge in [0.2, 0.25) is 11.8 Å². The van der Waals surface area contributed by atoms with Crippen molar-refractivity contribution in [1.29, 1.82) is 0 Å². The van der Waals surface area contributed by atoms with Crippen LogP contribution in [-0.4, -0.2) is 43.3 Å². The van der Waals surface area contributed by atoms with E-state index < -0.39 is 40.0 Å². The first-order chi connectivity index (χ1) is 21.3. The van der Waals surface area contributed by atoms with Crippen molar-refractivity contribution in [3.05, 3.63) is 129 Å². The van der Waals surface area contributed by atoms with Crippen LogP contribution in [0.1, 0.15) is 31.9 Å². The number of nitrogens with zero attached hydrogens (tertiary/aromatic N) is 2. The SMILES string of the molecule is CC(C)(C)NC(=O)C(Cc1ccccc1)N(Cc1c(Cl)cccc1Cl)C(=O)CN(c1ccc(Br)cc1)S(=O)(=O)c1ccccc1. The van der Waals surface area contributed by atoms with Gasteiger partial charge in [-0.05, 0) is 74.9 Å². The number of carbonyl (C=O) groups excluding carboxylic acids is 2. The second kappa shape index (κ2) is 14.8. The molecule has 2 amide bonds. The monoisotopic (exact) mass is 729 g/mol. The lowest BCUT2D eigenvalue weighted by atomic mass is 10.0. The predicted octanol–water partition coefficient (Wildman–Crippen LogP) is 7.51. The number of rotatable bonds is 11. The highest BCUT2D eigenvalue weighted by Crippen LogP contribution is 2.29. The molecule has 0 fully saturated rings. The summed E-state index contributed by atoms with van der Waals surface area (Å²) in [6, 6.07) is 27.8. The molecule has 0 aromatic heterocycles. The first-order valence-corrected chi connectivity index (χ1v) is 17.2. The van der Waals surface area contributed by atoms with Crippen molar-refractivity contribution in [3.8, 4) is 0 Å². The molecule has 0 aliphatic heterocycles. The number of amides is 2. The largest absolute Gasteiger partial charge is 0.350 e. The molecule has 4 aromatic rings. The summed E-state index contributed by atoms with van der Waals surface area (Å²) < 4.78 is 29.9. The minimum atomic E-state index is -4.20. The van der Waals surface area contributed by atoms with Gasteiger partial charge in [0, 0.05) is 38.6 Å². The molecule has 7 nitrogen and oxygen atoms in total. The lowest BCUT2D eigenvalue weighted by molar-refractivity contribution is -0.140. The van der Waals surface area contributed by atoms with Crippen LogP contribution >= 0.6 is 39.1 Å². The summed E-state index contributed by atoms with van der Waals surface area (Å²) in [5, 5.41) is 3.63. The Morgan fingerprint density at radius 2 is 1.38 bits per heavy atom. The average molecular weight is 732 g/mol. The van der Waals surface area contributed by atoms with Gasteiger partial charge in [-0.2, -0.15) is 0 Å². The van der Waals surface area contributed by atoms with Gasteiger partial charge in [0.1, 0.15) is 12.6 Å². The smallest absolute Gasteiger partial charge is 0.264 e. The first kappa shape index (κ1) is 34.5. The van der Waals surface area contributed by atoms with E-state index in [0.717, 1.165) is 14.3 Å². The number of carbonyl (C=O) groups is 2. The molecule has 236 valence electrons. The molecule has 0 saturated heterocycles. The number of hydrogen-bond acceptors (Lipinski definition) is 4. The molecule has 11 heteroatoms. The van der Waals surface area contributed by atoms with Gasteiger partial charge in [0.05, 0.1) is 10.6 Å². The molecule has 4 rings (SSSR count). The Morgan fingerprint density at radius 1 is 0.822 bits per heavy atom. The summed E-state index contributed by atoms with van der Waals surface area (Å²) in [4.78, 5) is 29.9. The molecular weight excluding hydrogens is 697 g/mol. The van der Waals surface area contributed by atoms with E-state index in [9.17, 15) is 18.0 Å². The van der Waals surface area contributed by atoms with Crippen molar-refractivity contribution in [1.82, 2.24) is 10.2 Å². The Balaban J connectivity index is 1.84. The molecule has 0 bridgehead atoms. The van der Waals surface area contributed by atoms with Crippen LogP contribution in [0.5, 0.6) is 0 Å². The molecule has 0 radical (unpaired) electrons. The Kier molecular flexibility index (Phi) is 11.4. The van der Waals surface area contributed by atoms with Gasteiger partial charge in [0.25, 0.3) is 10.0 Å². The minimum absolute atomic E-state index is 0.0210. The third kappa shape index (κ3) is 9.10. The molecule has 1 unspecified atom stereocenters. The van der Waals surface area contributed by atoms with Crippen LogP contribution in [0.4, 0.5) is 5.69 Å². The summed E-state index contributed by atoms with van der Waals surface area (Å²) >= 11 is 16.5. The predicted molar refractivity (Wildman–Crippen MR) is 184 cm³/mol. The Morgan fingerprint density at radius 3 is 1.93 bits per heavy atom. The van der Waals surface area contributed by atoms with Crippen molar-refractivity contribution in [2.75, 3.05) is 10.8 Å². The topological polar surface area (TPSA) is 86.8 Å². The third-order valence-corrected chi connectivity index (χ3v) is 9.91. The van der Waals surface area contributed by atoms with Crippen LogP contribution < -0.4 is 9.62 Å². The Labute approximate surface area is 283 Å². The summed E-state index contributed by atoms with van der Waals surface area (Å²) in [5.41, 5.74) is 0.932. The van der Waals surface area contributed by atoms with Crippen molar-refractivity contribution in [2.24, 2.45) is 0 Å². The quantitative estimate of drug-likeness (QED) is 0.173. The van der Waals surface area contributed by atoms with Gasteiger partial charge in [-0.1, -0.05) is 93.7 Å². The zero-order valence-corrected chi connectivity index (χ0v) is 29.0. The van der Waals surface area contributed by atoms with Gasteiger partial charge < -0.3 is 10.2 Å². The second-order valence-electron chi connectivity index (χ2n) is 11.5. The van der Waals surface area contributed by atoms with Gasteiger partial charge in [-0.25, -0.2) is 8.42 Å². The number of nitrogens with one attached hydrogen (secondary N) is 1. The fraction of sp³-hybridized carbons (Fsp3) is 0.235. The van der Waals surface area contributed by atoms with Crippen molar-refractivity contribution < 1.29 is 18.0 Å². The molecule has 1 atom stereocenters. The minimum Gasteiger partial charge on any atom is -0.350 e. The zero-order valence-electron chi connectivity index (χ0n) is 25.1. The van der Waals surface area contributed by atoms with Gasteiger partial charge in [-0.3, -0.25) is 13.9 Å². The zero-order chi connectivity index (χ0) is 32.8. The maximum Gasteiger partial charge on any atom is 0.264 e. The number of sulfonamides is 1. The van der Waals surface area contributed by atoms with Crippen LogP contribution in [0.2, 0.25) is 10.0 Å². The van der Waals surface area contributed by atoms with Crippen LogP contribution in [-0.2, 0) is 32.6 Å². The van der Waals surface area contributed by atoms with E-state index in [4.69, 9.17) is 23.2 Å². The molecule has 0 spiro atoms. The summed E-state index contributed by atoms with van der Waals surface area (Å²) in [5.74, 6) is -1.01. The van der Waals surface area contributed by atoms with Gasteiger partial charge >= 0.3 is 0 Å². The molecule has 1 N–H and O–H groups in total. The molecule has 0 heterocycles. The second-order valence-corrected chi connectivity index (χ2v) is 15.1. The third-order valence-electron chi connectivity index (χ3n) is 6.88. The van der Waals surface area contributed by atoms with E-state index in [-0.39, 0.29) is 23.5 Å². The molecule has 0 saturated carbocycles. The van der Waals surface area contributed by atoms with Crippen molar-refractivity contribution >= 4 is 66.7 Å². The average Bonchev–Trinajstić information content (AvgIpc) is 2.99. The highest BCUT2D eigenvalue weighted by molar-refractivity contribution is 9.10. The van der Waals surface area contributed by atoms with Gasteiger partial charge in [-0.15, -0.1) is 0 Å². The van der Waals surface area contributed by atoms with E-state index in [1.807, 2.05) is 51.1 Å². The number of benzene rings is 4. The van der Waals surface area contributed by atoms with E-state index >= 15 is 0 Å². The normalized spacial score (nSPS) is 12.3. The Bertz CT molecular complexity index is 1710. The van der Waals surface area contributed by atoms with E-state index in [1.165, 1.54) is 17.0 Å². The Hall–Kier alpha value is -3.37. The summed E-state index contributed by atoms with van der Waals surface area (Å²) in [6.07, 6.45) is 0.167. The molecule has 45 heavy (non-hydrogen) atoms. The molecular formula is C34H34BrCl2N3O4S. The fourth-order valence-electron chi connectivity index (χ4n) is 4.72. The molecule has 0 aliphatic rings. The van der Waals surface area contributed by atoms with Gasteiger partial charge in [0.15, 0.2) is 0 Å². The summed E-state index contributed by atoms with van der Waals surface area (Å²) in [6.45, 7) is 4.83. The van der Waals surface area contributed by atoms with E-state index in [1.54, 1.807) is 60.7 Å². The maximum atomic E-state index is 14.5. The number of anilines is 1. The highest BCUT2D eigenvalue weighted by Gasteiger charge is 2.36. The lowest BCUT2D eigenvalue weighted by Crippen LogP contribution is -2.56. The van der Waals surface area contributed by atoms with E-state index in [0.29, 0.717) is 15.6 Å². The fourth-order valence-corrected chi connectivity index (χ4v) is 6.93. The van der Waals surface area contributed by atoms with Crippen LogP contribution in [0.25, 0.3) is 0 Å².